The summed E-state index contributed by atoms with van der Waals surface area (Å²) < 4.78 is 0. The second-order valence-electron chi connectivity index (χ2n) is 7.41. The van der Waals surface area contributed by atoms with E-state index in [-0.39, 0.29) is 12.1 Å². The lowest BCUT2D eigenvalue weighted by Crippen LogP contribution is -2.40. The van der Waals surface area contributed by atoms with Crippen molar-refractivity contribution in [3.05, 3.63) is 77.6 Å². The highest BCUT2D eigenvalue weighted by Gasteiger charge is 2.23. The molecule has 31 heavy (non-hydrogen) atoms. The fourth-order valence-corrected chi connectivity index (χ4v) is 3.24. The van der Waals surface area contributed by atoms with Crippen molar-refractivity contribution in [3.63, 3.8) is 0 Å². The first kappa shape index (κ1) is 22.2. The largest absolute Gasteiger partial charge is 0.479 e. The Bertz CT molecular complexity index is 1020. The molecular weight excluding hydrogens is 398 g/mol. The molecule has 0 radical (unpaired) electrons. The molecule has 0 unspecified atom stereocenters. The lowest BCUT2D eigenvalue weighted by molar-refractivity contribution is -0.147. The van der Waals surface area contributed by atoms with E-state index < -0.39 is 30.1 Å². The Morgan fingerprint density at radius 2 is 1.68 bits per heavy atom. The van der Waals surface area contributed by atoms with Crippen LogP contribution >= 0.6 is 0 Å². The smallest absolute Gasteiger partial charge is 0.332 e. The van der Waals surface area contributed by atoms with E-state index in [4.69, 9.17) is 5.11 Å². The van der Waals surface area contributed by atoms with Crippen LogP contribution in [0.3, 0.4) is 0 Å². The maximum absolute atomic E-state index is 12.6. The number of aromatic amines is 1. The van der Waals surface area contributed by atoms with E-state index in [1.807, 2.05) is 54.6 Å². The fraction of sp³-hybridized carbons (Fsp3) is 0.261. The number of H-pyrrole nitrogens is 1. The van der Waals surface area contributed by atoms with Gasteiger partial charge in [-0.25, -0.2) is 4.79 Å². The van der Waals surface area contributed by atoms with Crippen molar-refractivity contribution in [1.29, 1.82) is 0 Å². The number of aliphatic hydroxyl groups is 2. The highest BCUT2D eigenvalue weighted by Crippen LogP contribution is 2.20. The standard InChI is InChI=1S/C23H25N3O5/c1-14(27)19-13-20(26-25-19)22(29)24-18(12-21(28)23(30)31)11-15-7-9-17(10-8-15)16-5-3-2-4-6-16/h2-10,13-14,18,21,27-28H,11-12H2,1H3,(H,24,29)(H,25,26)(H,30,31)/t14-,18-,21-/m1/s1. The lowest BCUT2D eigenvalue weighted by atomic mass is 9.97. The highest BCUT2D eigenvalue weighted by molar-refractivity contribution is 5.92. The van der Waals surface area contributed by atoms with Crippen molar-refractivity contribution >= 4 is 11.9 Å². The number of aliphatic carboxylic acids is 1. The Balaban J connectivity index is 1.73. The summed E-state index contributed by atoms with van der Waals surface area (Å²) >= 11 is 0. The summed E-state index contributed by atoms with van der Waals surface area (Å²) in [7, 11) is 0. The van der Waals surface area contributed by atoms with Gasteiger partial charge in [0.15, 0.2) is 6.10 Å². The molecule has 0 aliphatic rings. The number of hydrogen-bond acceptors (Lipinski definition) is 5. The zero-order chi connectivity index (χ0) is 22.4. The van der Waals surface area contributed by atoms with Crippen LogP contribution in [0.1, 0.15) is 41.2 Å². The van der Waals surface area contributed by atoms with Crippen molar-refractivity contribution in [2.45, 2.75) is 38.0 Å². The van der Waals surface area contributed by atoms with Gasteiger partial charge in [-0.1, -0.05) is 54.6 Å². The first-order valence-corrected chi connectivity index (χ1v) is 9.93. The SMILES string of the molecule is C[C@@H](O)c1cc(C(=O)N[C@H](Cc2ccc(-c3ccccc3)cc2)C[C@@H](O)C(=O)O)n[nH]1. The number of aromatic nitrogens is 2. The van der Waals surface area contributed by atoms with Crippen molar-refractivity contribution in [2.75, 3.05) is 0 Å². The number of aliphatic hydroxyl groups excluding tert-OH is 2. The van der Waals surface area contributed by atoms with Crippen LogP contribution in [0.5, 0.6) is 0 Å². The quantitative estimate of drug-likeness (QED) is 0.358. The number of hydrogen-bond donors (Lipinski definition) is 5. The van der Waals surface area contributed by atoms with Gasteiger partial charge in [-0.15, -0.1) is 0 Å². The molecule has 1 amide bonds. The molecule has 3 atom stereocenters. The number of nitrogens with zero attached hydrogens (tertiary/aromatic N) is 1. The summed E-state index contributed by atoms with van der Waals surface area (Å²) in [5.41, 5.74) is 3.47. The molecule has 3 rings (SSSR count). The molecule has 0 aliphatic heterocycles. The summed E-state index contributed by atoms with van der Waals surface area (Å²) in [5.74, 6) is -1.87. The van der Waals surface area contributed by atoms with Gasteiger partial charge in [0.25, 0.3) is 5.91 Å². The maximum Gasteiger partial charge on any atom is 0.332 e. The van der Waals surface area contributed by atoms with Gasteiger partial charge in [0.2, 0.25) is 0 Å². The van der Waals surface area contributed by atoms with Crippen LogP contribution in [0.2, 0.25) is 0 Å². The van der Waals surface area contributed by atoms with Gasteiger partial charge in [-0.3, -0.25) is 9.89 Å². The van der Waals surface area contributed by atoms with E-state index in [9.17, 15) is 19.8 Å². The fourth-order valence-electron chi connectivity index (χ4n) is 3.24. The van der Waals surface area contributed by atoms with Crippen LogP contribution in [0, 0.1) is 0 Å². The van der Waals surface area contributed by atoms with Crippen molar-refractivity contribution in [2.24, 2.45) is 0 Å². The molecule has 0 spiro atoms. The Morgan fingerprint density at radius 1 is 1.03 bits per heavy atom. The Hall–Kier alpha value is -3.49. The molecule has 3 aromatic rings. The monoisotopic (exact) mass is 423 g/mol. The summed E-state index contributed by atoms with van der Waals surface area (Å²) in [4.78, 5) is 23.7. The Labute approximate surface area is 179 Å². The average Bonchev–Trinajstić information content (AvgIpc) is 3.25. The molecule has 0 saturated carbocycles. The maximum atomic E-state index is 12.6. The van der Waals surface area contributed by atoms with E-state index in [1.54, 1.807) is 6.92 Å². The lowest BCUT2D eigenvalue weighted by Gasteiger charge is -2.20. The molecule has 0 bridgehead atoms. The number of carboxylic acid groups (broad SMARTS) is 1. The molecule has 1 aromatic heterocycles. The Morgan fingerprint density at radius 3 is 2.26 bits per heavy atom. The normalized spacial score (nSPS) is 13.9. The molecule has 0 aliphatic carbocycles. The molecule has 162 valence electrons. The van der Waals surface area contributed by atoms with E-state index in [0.717, 1.165) is 16.7 Å². The van der Waals surface area contributed by atoms with E-state index in [0.29, 0.717) is 12.1 Å². The number of nitrogens with one attached hydrogen (secondary N) is 2. The minimum atomic E-state index is -1.61. The van der Waals surface area contributed by atoms with Gasteiger partial charge in [-0.2, -0.15) is 5.10 Å². The van der Waals surface area contributed by atoms with E-state index >= 15 is 0 Å². The van der Waals surface area contributed by atoms with Gasteiger partial charge >= 0.3 is 5.97 Å². The van der Waals surface area contributed by atoms with Crippen LogP contribution in [-0.2, 0) is 11.2 Å². The summed E-state index contributed by atoms with van der Waals surface area (Å²) in [6.07, 6.45) is -2.24. The second kappa shape index (κ2) is 10.0. The number of carbonyl (C=O) groups excluding carboxylic acids is 1. The van der Waals surface area contributed by atoms with Crippen LogP contribution in [0.25, 0.3) is 11.1 Å². The zero-order valence-electron chi connectivity index (χ0n) is 17.0. The number of carbonyl (C=O) groups is 2. The third-order valence-corrected chi connectivity index (χ3v) is 4.95. The van der Waals surface area contributed by atoms with Crippen LogP contribution in [0.15, 0.2) is 60.7 Å². The predicted octanol–water partition coefficient (Wildman–Crippen LogP) is 2.31. The minimum absolute atomic E-state index is 0.0742. The predicted molar refractivity (Wildman–Crippen MR) is 114 cm³/mol. The van der Waals surface area contributed by atoms with E-state index in [2.05, 4.69) is 15.5 Å². The van der Waals surface area contributed by atoms with Crippen LogP contribution in [-0.4, -0.2) is 49.5 Å². The number of rotatable bonds is 9. The Kier molecular flexibility index (Phi) is 7.17. The van der Waals surface area contributed by atoms with Crippen LogP contribution < -0.4 is 5.32 Å². The molecule has 1 heterocycles. The molecule has 8 nitrogen and oxygen atoms in total. The molecule has 2 aromatic carbocycles. The zero-order valence-corrected chi connectivity index (χ0v) is 17.0. The minimum Gasteiger partial charge on any atom is -0.479 e. The number of amides is 1. The first-order chi connectivity index (χ1) is 14.8. The summed E-state index contributed by atoms with van der Waals surface area (Å²) in [6.45, 7) is 1.54. The van der Waals surface area contributed by atoms with Crippen LogP contribution in [0.4, 0.5) is 0 Å². The molecule has 5 N–H and O–H groups in total. The molecule has 0 saturated heterocycles. The first-order valence-electron chi connectivity index (χ1n) is 9.93. The van der Waals surface area contributed by atoms with Crippen molar-refractivity contribution in [3.8, 4) is 11.1 Å². The third kappa shape index (κ3) is 6.00. The third-order valence-electron chi connectivity index (χ3n) is 4.95. The van der Waals surface area contributed by atoms with E-state index in [1.165, 1.54) is 6.07 Å². The van der Waals surface area contributed by atoms with Gasteiger partial charge in [0.1, 0.15) is 5.69 Å². The molecular formula is C23H25N3O5. The average molecular weight is 423 g/mol. The second-order valence-corrected chi connectivity index (χ2v) is 7.41. The topological polar surface area (TPSA) is 136 Å². The number of carboxylic acids is 1. The van der Waals surface area contributed by atoms with Gasteiger partial charge in [0.05, 0.1) is 11.8 Å². The van der Waals surface area contributed by atoms with Gasteiger partial charge in [-0.05, 0) is 36.1 Å². The highest BCUT2D eigenvalue weighted by atomic mass is 16.4. The molecule has 0 fully saturated rings. The summed E-state index contributed by atoms with van der Waals surface area (Å²) in [6, 6.07) is 18.4. The van der Waals surface area contributed by atoms with Crippen molar-refractivity contribution < 1.29 is 24.9 Å². The molecule has 8 heteroatoms. The number of benzene rings is 2. The van der Waals surface area contributed by atoms with Crippen molar-refractivity contribution in [1.82, 2.24) is 15.5 Å². The summed E-state index contributed by atoms with van der Waals surface area (Å²) in [5, 5.41) is 37.7. The van der Waals surface area contributed by atoms with Gasteiger partial charge in [0, 0.05) is 12.5 Å². The van der Waals surface area contributed by atoms with Gasteiger partial charge < -0.3 is 20.6 Å².